The molecule has 1 heterocycles. The molecule has 1 aliphatic heterocycles. The van der Waals surface area contributed by atoms with E-state index >= 15 is 0 Å². The molecular weight excluding hydrogens is 490 g/mol. The highest BCUT2D eigenvalue weighted by atomic mass is 16.3. The molecule has 1 saturated heterocycles. The van der Waals surface area contributed by atoms with Crippen molar-refractivity contribution < 1.29 is 24.3 Å². The van der Waals surface area contributed by atoms with Gasteiger partial charge in [-0.15, -0.1) is 0 Å². The first-order valence-electron chi connectivity index (χ1n) is 14.1. The summed E-state index contributed by atoms with van der Waals surface area (Å²) in [5.74, 6) is -2.13. The fraction of sp³-hybridized carbons (Fsp3) is 0.394. The number of imide groups is 1. The quantitative estimate of drug-likeness (QED) is 0.329. The fourth-order valence-electron chi connectivity index (χ4n) is 8.00. The summed E-state index contributed by atoms with van der Waals surface area (Å²) in [5.41, 5.74) is 3.15. The molecule has 2 aromatic carbocycles. The van der Waals surface area contributed by atoms with E-state index in [1.54, 1.807) is 17.9 Å². The van der Waals surface area contributed by atoms with Crippen molar-refractivity contribution in [3.63, 3.8) is 0 Å². The van der Waals surface area contributed by atoms with Gasteiger partial charge < -0.3 is 5.11 Å². The number of carbonyl (C=O) groups excluding carboxylic acids is 4. The van der Waals surface area contributed by atoms with Gasteiger partial charge in [0.05, 0.1) is 11.8 Å². The lowest BCUT2D eigenvalue weighted by molar-refractivity contribution is -0.143. The Morgan fingerprint density at radius 3 is 2.38 bits per heavy atom. The summed E-state index contributed by atoms with van der Waals surface area (Å²) in [7, 11) is 0. The van der Waals surface area contributed by atoms with Gasteiger partial charge in [-0.3, -0.25) is 24.1 Å². The number of hydrogen-bond acceptors (Lipinski definition) is 5. The molecule has 1 N–H and O–H groups in total. The van der Waals surface area contributed by atoms with E-state index in [-0.39, 0.29) is 41.1 Å². The maximum absolute atomic E-state index is 14.0. The van der Waals surface area contributed by atoms with Crippen LogP contribution < -0.4 is 0 Å². The molecule has 0 bridgehead atoms. The van der Waals surface area contributed by atoms with Crippen LogP contribution in [0.2, 0.25) is 0 Å². The molecule has 4 atom stereocenters. The van der Waals surface area contributed by atoms with Gasteiger partial charge in [-0.05, 0) is 61.6 Å². The average Bonchev–Trinajstić information content (AvgIpc) is 3.21. The Hall–Kier alpha value is -3.80. The Morgan fingerprint density at radius 1 is 0.872 bits per heavy atom. The Balaban J connectivity index is 1.40. The van der Waals surface area contributed by atoms with Gasteiger partial charge in [0.2, 0.25) is 11.8 Å². The number of ketones is 2. The molecule has 0 radical (unpaired) electrons. The third-order valence-corrected chi connectivity index (χ3v) is 9.78. The SMILES string of the molecule is CC1=CC(=O)C2=C(C1=O)[C@@H](c1ccc(O)c3ccccc13)C1=CC[C@@H]3C(=O)N(C4CCCCC4)C(=O)[C@@H]3[C@@H]1C2. The number of amides is 2. The Kier molecular flexibility index (Phi) is 5.51. The summed E-state index contributed by atoms with van der Waals surface area (Å²) in [4.78, 5) is 56.3. The number of aromatic hydroxyl groups is 1. The van der Waals surface area contributed by atoms with Crippen LogP contribution in [0.4, 0.5) is 0 Å². The number of fused-ring (bicyclic) bond motifs is 4. The number of hydrogen-bond donors (Lipinski definition) is 1. The smallest absolute Gasteiger partial charge is 0.233 e. The Labute approximate surface area is 227 Å². The minimum atomic E-state index is -0.519. The number of nitrogens with zero attached hydrogens (tertiary/aromatic N) is 1. The molecule has 0 unspecified atom stereocenters. The first kappa shape index (κ1) is 24.3. The molecule has 7 rings (SSSR count). The number of benzene rings is 2. The number of phenolic OH excluding ortho intramolecular Hbond substituents is 1. The topological polar surface area (TPSA) is 91.8 Å². The summed E-state index contributed by atoms with van der Waals surface area (Å²) >= 11 is 0. The van der Waals surface area contributed by atoms with Crippen LogP contribution in [-0.4, -0.2) is 39.4 Å². The second-order valence-corrected chi connectivity index (χ2v) is 11.8. The van der Waals surface area contributed by atoms with Gasteiger partial charge >= 0.3 is 0 Å². The number of rotatable bonds is 2. The van der Waals surface area contributed by atoms with E-state index in [1.165, 1.54) is 6.08 Å². The highest BCUT2D eigenvalue weighted by Gasteiger charge is 2.57. The zero-order valence-corrected chi connectivity index (χ0v) is 22.0. The lowest BCUT2D eigenvalue weighted by Gasteiger charge is -2.42. The first-order chi connectivity index (χ1) is 18.9. The largest absolute Gasteiger partial charge is 0.507 e. The molecule has 2 fully saturated rings. The van der Waals surface area contributed by atoms with Crippen molar-refractivity contribution in [2.24, 2.45) is 17.8 Å². The minimum absolute atomic E-state index is 0.0357. The van der Waals surface area contributed by atoms with Gasteiger partial charge in [-0.25, -0.2) is 0 Å². The van der Waals surface area contributed by atoms with E-state index in [9.17, 15) is 24.3 Å². The third kappa shape index (κ3) is 3.46. The summed E-state index contributed by atoms with van der Waals surface area (Å²) < 4.78 is 0. The second kappa shape index (κ2) is 8.87. The van der Waals surface area contributed by atoms with Gasteiger partial charge in [-0.2, -0.15) is 0 Å². The highest BCUT2D eigenvalue weighted by Crippen LogP contribution is 2.56. The van der Waals surface area contributed by atoms with Crippen LogP contribution in [0, 0.1) is 17.8 Å². The van der Waals surface area contributed by atoms with Crippen LogP contribution in [0.25, 0.3) is 10.8 Å². The molecule has 6 nitrogen and oxygen atoms in total. The van der Waals surface area contributed by atoms with E-state index in [0.29, 0.717) is 34.9 Å². The van der Waals surface area contributed by atoms with Crippen molar-refractivity contribution in [1.29, 1.82) is 0 Å². The second-order valence-electron chi connectivity index (χ2n) is 11.8. The van der Waals surface area contributed by atoms with Crippen LogP contribution in [0.5, 0.6) is 5.75 Å². The first-order valence-corrected chi connectivity index (χ1v) is 14.1. The summed E-state index contributed by atoms with van der Waals surface area (Å²) in [6, 6.07) is 11.0. The van der Waals surface area contributed by atoms with Gasteiger partial charge in [0.1, 0.15) is 5.75 Å². The molecule has 0 spiro atoms. The molecule has 6 heteroatoms. The van der Waals surface area contributed by atoms with Crippen molar-refractivity contribution in [3.05, 3.63) is 76.4 Å². The molecule has 1 saturated carbocycles. The van der Waals surface area contributed by atoms with Crippen LogP contribution in [0.3, 0.4) is 0 Å². The molecule has 0 aromatic heterocycles. The molecule has 2 amide bonds. The molecular formula is C33H31NO5. The van der Waals surface area contributed by atoms with E-state index in [1.807, 2.05) is 30.3 Å². The Bertz CT molecular complexity index is 1570. The third-order valence-electron chi connectivity index (χ3n) is 9.78. The van der Waals surface area contributed by atoms with Crippen LogP contribution in [0.1, 0.15) is 63.4 Å². The minimum Gasteiger partial charge on any atom is -0.507 e. The lowest BCUT2D eigenvalue weighted by atomic mass is 9.59. The van der Waals surface area contributed by atoms with Gasteiger partial charge in [0, 0.05) is 34.1 Å². The van der Waals surface area contributed by atoms with Crippen molar-refractivity contribution in [1.82, 2.24) is 4.90 Å². The monoisotopic (exact) mass is 521 g/mol. The van der Waals surface area contributed by atoms with Gasteiger partial charge in [0.25, 0.3) is 0 Å². The summed E-state index contributed by atoms with van der Waals surface area (Å²) in [6.07, 6.45) is 9.14. The van der Waals surface area contributed by atoms with E-state index < -0.39 is 17.8 Å². The number of likely N-dealkylation sites (tertiary alicyclic amines) is 1. The van der Waals surface area contributed by atoms with Gasteiger partial charge in [0.15, 0.2) is 11.6 Å². The number of phenols is 1. The van der Waals surface area contributed by atoms with Crippen molar-refractivity contribution in [2.45, 2.75) is 63.8 Å². The molecule has 4 aliphatic carbocycles. The number of Topliss-reactive ketones (excluding diaryl/α,β-unsaturated/α-hetero) is 1. The lowest BCUT2D eigenvalue weighted by Crippen LogP contribution is -2.43. The maximum Gasteiger partial charge on any atom is 0.233 e. The van der Waals surface area contributed by atoms with Crippen molar-refractivity contribution in [2.75, 3.05) is 0 Å². The van der Waals surface area contributed by atoms with Crippen LogP contribution in [-0.2, 0) is 19.2 Å². The maximum atomic E-state index is 14.0. The summed E-state index contributed by atoms with van der Waals surface area (Å²) in [5, 5.41) is 12.1. The average molecular weight is 522 g/mol. The summed E-state index contributed by atoms with van der Waals surface area (Å²) in [6.45, 7) is 1.68. The van der Waals surface area contributed by atoms with Crippen molar-refractivity contribution >= 4 is 34.2 Å². The van der Waals surface area contributed by atoms with Crippen LogP contribution in [0.15, 0.2) is 70.8 Å². The molecule has 2 aromatic rings. The highest BCUT2D eigenvalue weighted by molar-refractivity contribution is 6.24. The zero-order valence-electron chi connectivity index (χ0n) is 22.0. The van der Waals surface area contributed by atoms with Crippen molar-refractivity contribution in [3.8, 4) is 5.75 Å². The standard InChI is InChI=1S/C33H31NO5/c1-17-15-27(36)25-16-24-22(11-12-23-29(24)33(39)34(32(23)38)18-7-3-2-4-8-18)28(30(25)31(17)37)21-13-14-26(35)20-10-6-5-9-19(20)21/h5-6,9-11,13-15,18,23-24,28-29,35H,2-4,7-8,12,16H2,1H3/t23-,24+,28-,29-/m0/s1. The normalized spacial score (nSPS) is 29.3. The number of carbonyl (C=O) groups is 4. The molecule has 5 aliphatic rings. The van der Waals surface area contributed by atoms with Gasteiger partial charge in [-0.1, -0.05) is 61.2 Å². The predicted octanol–water partition coefficient (Wildman–Crippen LogP) is 5.31. The fourth-order valence-corrected chi connectivity index (χ4v) is 8.00. The molecule has 198 valence electrons. The van der Waals surface area contributed by atoms with Crippen LogP contribution >= 0.6 is 0 Å². The Morgan fingerprint density at radius 2 is 1.62 bits per heavy atom. The van der Waals surface area contributed by atoms with E-state index in [2.05, 4.69) is 6.08 Å². The molecule has 39 heavy (non-hydrogen) atoms. The predicted molar refractivity (Wildman–Crippen MR) is 146 cm³/mol. The van der Waals surface area contributed by atoms with E-state index in [0.717, 1.165) is 48.6 Å². The van der Waals surface area contributed by atoms with E-state index in [4.69, 9.17) is 0 Å². The number of allylic oxidation sites excluding steroid dienone is 6. The zero-order chi connectivity index (χ0) is 27.0.